The second-order valence-corrected chi connectivity index (χ2v) is 6.51. The van der Waals surface area contributed by atoms with Crippen LogP contribution in [0.15, 0.2) is 46.9 Å². The van der Waals surface area contributed by atoms with Crippen molar-refractivity contribution in [1.29, 1.82) is 0 Å². The van der Waals surface area contributed by atoms with Crippen molar-refractivity contribution in [3.8, 4) is 28.5 Å². The lowest BCUT2D eigenvalue weighted by Crippen LogP contribution is -2.15. The Morgan fingerprint density at radius 2 is 1.70 bits per heavy atom. The summed E-state index contributed by atoms with van der Waals surface area (Å²) in [4.78, 5) is 13.2. The zero-order valence-corrected chi connectivity index (χ0v) is 16.6. The van der Waals surface area contributed by atoms with Gasteiger partial charge < -0.3 is 19.9 Å². The van der Waals surface area contributed by atoms with Gasteiger partial charge in [0.15, 0.2) is 11.5 Å². The maximum atomic E-state index is 13.2. The number of benzene rings is 2. The third kappa shape index (κ3) is 3.61. The van der Waals surface area contributed by atoms with E-state index in [-0.39, 0.29) is 11.7 Å². The van der Waals surface area contributed by atoms with E-state index in [2.05, 4.69) is 21.0 Å². The molecule has 3 rings (SSSR count). The topological polar surface area (TPSA) is 88.6 Å². The summed E-state index contributed by atoms with van der Waals surface area (Å²) in [6, 6.07) is 12.3. The molecule has 0 aliphatic rings. The Morgan fingerprint density at radius 3 is 2.26 bits per heavy atom. The lowest BCUT2D eigenvalue weighted by molar-refractivity contribution is 0.0946. The van der Waals surface area contributed by atoms with E-state index in [4.69, 9.17) is 19.9 Å². The molecule has 0 fully saturated rings. The maximum absolute atomic E-state index is 13.2. The zero-order chi connectivity index (χ0) is 19.6. The first-order chi connectivity index (χ1) is 13.0. The van der Waals surface area contributed by atoms with Crippen LogP contribution in [0.1, 0.15) is 10.4 Å². The van der Waals surface area contributed by atoms with E-state index in [1.165, 1.54) is 26.0 Å². The highest BCUT2D eigenvalue weighted by atomic mass is 79.9. The summed E-state index contributed by atoms with van der Waals surface area (Å²) in [6.45, 7) is 0. The molecular weight excluding hydrogens is 414 g/mol. The Morgan fingerprint density at radius 1 is 1.04 bits per heavy atom. The predicted octanol–water partition coefficient (Wildman–Crippen LogP) is 3.61. The van der Waals surface area contributed by atoms with Crippen LogP contribution in [-0.4, -0.2) is 37.0 Å². The van der Waals surface area contributed by atoms with Crippen molar-refractivity contribution < 1.29 is 19.0 Å². The number of carbonyl (C=O) groups is 1. The van der Waals surface area contributed by atoms with E-state index in [1.807, 2.05) is 24.3 Å². The first kappa shape index (κ1) is 18.8. The molecule has 2 aromatic carbocycles. The number of hydrogen-bond donors (Lipinski definition) is 1. The second kappa shape index (κ2) is 7.71. The standard InChI is InChI=1S/C19H18BrN3O4/c1-25-15-8-12(9-16(26-2)18(15)27-3)19(24)23-14(10-17(21)22-23)11-5-4-6-13(20)7-11/h4-10H,1-3H3,(H2,21,22). The van der Waals surface area contributed by atoms with E-state index in [0.717, 1.165) is 10.0 Å². The SMILES string of the molecule is COc1cc(C(=O)n2nc(N)cc2-c2cccc(Br)c2)cc(OC)c1OC. The molecule has 0 spiro atoms. The summed E-state index contributed by atoms with van der Waals surface area (Å²) in [5.41, 5.74) is 7.56. The zero-order valence-electron chi connectivity index (χ0n) is 15.0. The molecule has 8 heteroatoms. The van der Waals surface area contributed by atoms with Crippen molar-refractivity contribution in [2.24, 2.45) is 0 Å². The van der Waals surface area contributed by atoms with Gasteiger partial charge in [-0.15, -0.1) is 5.10 Å². The highest BCUT2D eigenvalue weighted by molar-refractivity contribution is 9.10. The Balaban J connectivity index is 2.12. The van der Waals surface area contributed by atoms with Gasteiger partial charge in [-0.3, -0.25) is 4.79 Å². The van der Waals surface area contributed by atoms with Crippen LogP contribution < -0.4 is 19.9 Å². The third-order valence-corrected chi connectivity index (χ3v) is 4.45. The van der Waals surface area contributed by atoms with Crippen molar-refractivity contribution >= 4 is 27.7 Å². The summed E-state index contributed by atoms with van der Waals surface area (Å²) in [7, 11) is 4.48. The van der Waals surface area contributed by atoms with E-state index in [9.17, 15) is 4.79 Å². The molecule has 0 unspecified atom stereocenters. The highest BCUT2D eigenvalue weighted by Gasteiger charge is 2.21. The predicted molar refractivity (Wildman–Crippen MR) is 106 cm³/mol. The van der Waals surface area contributed by atoms with E-state index < -0.39 is 0 Å². The van der Waals surface area contributed by atoms with Crippen molar-refractivity contribution in [2.75, 3.05) is 27.1 Å². The van der Waals surface area contributed by atoms with E-state index in [1.54, 1.807) is 18.2 Å². The quantitative estimate of drug-likeness (QED) is 0.663. The minimum Gasteiger partial charge on any atom is -0.493 e. The number of aromatic nitrogens is 2. The van der Waals surface area contributed by atoms with Gasteiger partial charge in [-0.25, -0.2) is 0 Å². The van der Waals surface area contributed by atoms with Crippen LogP contribution in [0.4, 0.5) is 5.82 Å². The molecule has 7 nitrogen and oxygen atoms in total. The molecule has 1 aromatic heterocycles. The summed E-state index contributed by atoms with van der Waals surface area (Å²) in [5, 5.41) is 4.16. The van der Waals surface area contributed by atoms with Crippen LogP contribution in [0.3, 0.4) is 0 Å². The number of hydrogen-bond acceptors (Lipinski definition) is 6. The average molecular weight is 432 g/mol. The fourth-order valence-electron chi connectivity index (χ4n) is 2.73. The smallest absolute Gasteiger partial charge is 0.279 e. The number of nitrogens with zero attached hydrogens (tertiary/aromatic N) is 2. The van der Waals surface area contributed by atoms with Gasteiger partial charge in [0.25, 0.3) is 5.91 Å². The molecular formula is C19H18BrN3O4. The van der Waals surface area contributed by atoms with Crippen LogP contribution in [0.25, 0.3) is 11.3 Å². The van der Waals surface area contributed by atoms with E-state index >= 15 is 0 Å². The average Bonchev–Trinajstić information content (AvgIpc) is 3.07. The van der Waals surface area contributed by atoms with Gasteiger partial charge in [-0.05, 0) is 24.3 Å². The van der Waals surface area contributed by atoms with Crippen LogP contribution in [0, 0.1) is 0 Å². The molecule has 0 radical (unpaired) electrons. The van der Waals surface area contributed by atoms with Gasteiger partial charge in [-0.2, -0.15) is 4.68 Å². The fourth-order valence-corrected chi connectivity index (χ4v) is 3.13. The molecule has 1 heterocycles. The third-order valence-electron chi connectivity index (χ3n) is 3.95. The number of nitrogens with two attached hydrogens (primary N) is 1. The largest absolute Gasteiger partial charge is 0.493 e. The monoisotopic (exact) mass is 431 g/mol. The summed E-state index contributed by atoms with van der Waals surface area (Å²) >= 11 is 3.43. The Kier molecular flexibility index (Phi) is 5.36. The molecule has 27 heavy (non-hydrogen) atoms. The fraction of sp³-hybridized carbons (Fsp3) is 0.158. The van der Waals surface area contributed by atoms with Gasteiger partial charge in [0.2, 0.25) is 5.75 Å². The summed E-state index contributed by atoms with van der Waals surface area (Å²) < 4.78 is 18.1. The number of anilines is 1. The van der Waals surface area contributed by atoms with Crippen LogP contribution >= 0.6 is 15.9 Å². The molecule has 0 saturated carbocycles. The van der Waals surface area contributed by atoms with Crippen molar-refractivity contribution in [1.82, 2.24) is 9.78 Å². The minimum absolute atomic E-state index is 0.241. The first-order valence-electron chi connectivity index (χ1n) is 7.94. The van der Waals surface area contributed by atoms with Crippen molar-refractivity contribution in [2.45, 2.75) is 0 Å². The van der Waals surface area contributed by atoms with Gasteiger partial charge in [-0.1, -0.05) is 28.1 Å². The maximum Gasteiger partial charge on any atom is 0.279 e. The molecule has 0 saturated heterocycles. The summed E-state index contributed by atoms with van der Waals surface area (Å²) in [5.74, 6) is 1.03. The highest BCUT2D eigenvalue weighted by Crippen LogP contribution is 2.38. The molecule has 0 amide bonds. The van der Waals surface area contributed by atoms with Crippen LogP contribution in [-0.2, 0) is 0 Å². The molecule has 0 aliphatic carbocycles. The van der Waals surface area contributed by atoms with Crippen molar-refractivity contribution in [3.05, 3.63) is 52.5 Å². The molecule has 3 aromatic rings. The lowest BCUT2D eigenvalue weighted by atomic mass is 10.1. The number of ether oxygens (including phenoxy) is 3. The molecule has 0 atom stereocenters. The number of nitrogen functional groups attached to an aromatic ring is 1. The van der Waals surface area contributed by atoms with Gasteiger partial charge >= 0.3 is 0 Å². The van der Waals surface area contributed by atoms with Gasteiger partial charge in [0.05, 0.1) is 27.0 Å². The minimum atomic E-state index is -0.374. The normalized spacial score (nSPS) is 10.5. The molecule has 140 valence electrons. The Hall–Kier alpha value is -3.00. The second-order valence-electron chi connectivity index (χ2n) is 5.60. The van der Waals surface area contributed by atoms with Gasteiger partial charge in [0.1, 0.15) is 5.82 Å². The van der Waals surface area contributed by atoms with E-state index in [0.29, 0.717) is 28.5 Å². The number of carbonyl (C=O) groups excluding carboxylic acids is 1. The van der Waals surface area contributed by atoms with Crippen LogP contribution in [0.5, 0.6) is 17.2 Å². The molecule has 0 aliphatic heterocycles. The van der Waals surface area contributed by atoms with Gasteiger partial charge in [0, 0.05) is 21.7 Å². The van der Waals surface area contributed by atoms with Crippen molar-refractivity contribution in [3.63, 3.8) is 0 Å². The first-order valence-corrected chi connectivity index (χ1v) is 8.74. The number of methoxy groups -OCH3 is 3. The summed E-state index contributed by atoms with van der Waals surface area (Å²) in [6.07, 6.45) is 0. The number of rotatable bonds is 5. The number of halogens is 1. The lowest BCUT2D eigenvalue weighted by Gasteiger charge is -2.14. The Bertz CT molecular complexity index is 975. The Labute approximate surface area is 164 Å². The molecule has 0 bridgehead atoms. The molecule has 2 N–H and O–H groups in total. The van der Waals surface area contributed by atoms with Crippen LogP contribution in [0.2, 0.25) is 0 Å².